The van der Waals surface area contributed by atoms with Crippen LogP contribution >= 0.6 is 15.9 Å². The molecule has 1 aliphatic rings. The Balaban J connectivity index is 2.84. The molecule has 1 amide bonds. The van der Waals surface area contributed by atoms with Gasteiger partial charge >= 0.3 is 6.09 Å². The maximum atomic E-state index is 12.3. The lowest BCUT2D eigenvalue weighted by Crippen LogP contribution is -2.48. The second kappa shape index (κ2) is 7.41. The Kier molecular flexibility index (Phi) is 6.45. The molecule has 0 spiro atoms. The summed E-state index contributed by atoms with van der Waals surface area (Å²) in [6.07, 6.45) is 0.438. The molecule has 1 heterocycles. The first kappa shape index (κ1) is 17.4. The molecule has 0 aromatic heterocycles. The van der Waals surface area contributed by atoms with Gasteiger partial charge in [0.15, 0.2) is 5.78 Å². The van der Waals surface area contributed by atoms with Crippen LogP contribution in [-0.4, -0.2) is 53.5 Å². The van der Waals surface area contributed by atoms with Gasteiger partial charge in [0.1, 0.15) is 5.60 Å². The molecule has 116 valence electrons. The SMILES string of the molecule is CCCN(C(=O)OC(C)(C)C)C1COCC1C(=O)CBr. The molecule has 1 saturated heterocycles. The zero-order chi connectivity index (χ0) is 15.3. The predicted molar refractivity (Wildman–Crippen MR) is 80.1 cm³/mol. The first-order valence-electron chi connectivity index (χ1n) is 6.96. The van der Waals surface area contributed by atoms with E-state index in [1.54, 1.807) is 4.90 Å². The average Bonchev–Trinajstić information content (AvgIpc) is 2.81. The van der Waals surface area contributed by atoms with Crippen molar-refractivity contribution in [1.29, 1.82) is 0 Å². The summed E-state index contributed by atoms with van der Waals surface area (Å²) in [6.45, 7) is 8.83. The van der Waals surface area contributed by atoms with Crippen LogP contribution < -0.4 is 0 Å². The lowest BCUT2D eigenvalue weighted by atomic mass is 9.98. The van der Waals surface area contributed by atoms with Gasteiger partial charge in [0, 0.05) is 6.54 Å². The first-order valence-corrected chi connectivity index (χ1v) is 8.08. The van der Waals surface area contributed by atoms with Crippen LogP contribution in [0.25, 0.3) is 0 Å². The Bertz CT molecular complexity index is 354. The van der Waals surface area contributed by atoms with Crippen molar-refractivity contribution in [3.8, 4) is 0 Å². The number of ketones is 1. The van der Waals surface area contributed by atoms with Gasteiger partial charge in [0.05, 0.1) is 30.5 Å². The van der Waals surface area contributed by atoms with Crippen molar-refractivity contribution < 1.29 is 19.1 Å². The number of hydrogen-bond donors (Lipinski definition) is 0. The van der Waals surface area contributed by atoms with Crippen molar-refractivity contribution in [1.82, 2.24) is 4.90 Å². The van der Waals surface area contributed by atoms with Crippen molar-refractivity contribution in [3.05, 3.63) is 0 Å². The molecule has 5 nitrogen and oxygen atoms in total. The standard InChI is InChI=1S/C14H24BrNO4/c1-5-6-16(13(18)20-14(2,3)4)11-9-19-8-10(11)12(17)7-15/h10-11H,5-9H2,1-4H3. The third-order valence-corrected chi connectivity index (χ3v) is 3.64. The molecule has 0 saturated carbocycles. The molecule has 1 fully saturated rings. The molecule has 1 aliphatic heterocycles. The Morgan fingerprint density at radius 2 is 2.00 bits per heavy atom. The summed E-state index contributed by atoms with van der Waals surface area (Å²) < 4.78 is 10.8. The maximum absolute atomic E-state index is 12.3. The maximum Gasteiger partial charge on any atom is 0.410 e. The Morgan fingerprint density at radius 1 is 1.35 bits per heavy atom. The van der Waals surface area contributed by atoms with Gasteiger partial charge in [0.25, 0.3) is 0 Å². The van der Waals surface area contributed by atoms with Crippen LogP contribution in [0.4, 0.5) is 4.79 Å². The minimum absolute atomic E-state index is 0.0668. The molecule has 0 N–H and O–H groups in total. The Hall–Kier alpha value is -0.620. The number of hydrogen-bond acceptors (Lipinski definition) is 4. The van der Waals surface area contributed by atoms with E-state index in [1.165, 1.54) is 0 Å². The Labute approximate surface area is 129 Å². The van der Waals surface area contributed by atoms with E-state index in [-0.39, 0.29) is 29.2 Å². The summed E-state index contributed by atoms with van der Waals surface area (Å²) in [5, 5.41) is 0.284. The van der Waals surface area contributed by atoms with Gasteiger partial charge in [-0.3, -0.25) is 4.79 Å². The lowest BCUT2D eigenvalue weighted by molar-refractivity contribution is -0.121. The van der Waals surface area contributed by atoms with E-state index in [9.17, 15) is 9.59 Å². The van der Waals surface area contributed by atoms with Crippen LogP contribution in [0.5, 0.6) is 0 Å². The predicted octanol–water partition coefficient (Wildman–Crippen LogP) is 2.61. The number of halogens is 1. The molecule has 0 radical (unpaired) electrons. The van der Waals surface area contributed by atoms with Crippen molar-refractivity contribution in [2.24, 2.45) is 5.92 Å². The Morgan fingerprint density at radius 3 is 2.50 bits per heavy atom. The fraction of sp³-hybridized carbons (Fsp3) is 0.857. The van der Waals surface area contributed by atoms with Gasteiger partial charge in [-0.2, -0.15) is 0 Å². The number of ether oxygens (including phenoxy) is 2. The smallest absolute Gasteiger partial charge is 0.410 e. The summed E-state index contributed by atoms with van der Waals surface area (Å²) in [7, 11) is 0. The minimum Gasteiger partial charge on any atom is -0.444 e. The van der Waals surface area contributed by atoms with E-state index in [0.717, 1.165) is 6.42 Å². The highest BCUT2D eigenvalue weighted by Gasteiger charge is 2.40. The van der Waals surface area contributed by atoms with E-state index in [1.807, 2.05) is 27.7 Å². The van der Waals surface area contributed by atoms with Crippen molar-refractivity contribution in [2.75, 3.05) is 25.1 Å². The van der Waals surface area contributed by atoms with E-state index < -0.39 is 5.60 Å². The third-order valence-electron chi connectivity index (χ3n) is 3.09. The van der Waals surface area contributed by atoms with E-state index >= 15 is 0 Å². The van der Waals surface area contributed by atoms with Crippen LogP contribution in [0.15, 0.2) is 0 Å². The van der Waals surface area contributed by atoms with Gasteiger partial charge in [-0.15, -0.1) is 0 Å². The summed E-state index contributed by atoms with van der Waals surface area (Å²) in [4.78, 5) is 25.9. The van der Waals surface area contributed by atoms with Crippen LogP contribution in [-0.2, 0) is 14.3 Å². The van der Waals surface area contributed by atoms with Crippen LogP contribution in [0, 0.1) is 5.92 Å². The number of amides is 1. The molecular formula is C14H24BrNO4. The number of carbonyl (C=O) groups excluding carboxylic acids is 2. The van der Waals surface area contributed by atoms with Gasteiger partial charge in [-0.1, -0.05) is 22.9 Å². The first-order chi connectivity index (χ1) is 9.30. The van der Waals surface area contributed by atoms with E-state index in [4.69, 9.17) is 9.47 Å². The highest BCUT2D eigenvalue weighted by molar-refractivity contribution is 9.09. The van der Waals surface area contributed by atoms with E-state index in [0.29, 0.717) is 19.8 Å². The fourth-order valence-corrected chi connectivity index (χ4v) is 2.63. The van der Waals surface area contributed by atoms with Gasteiger partial charge < -0.3 is 14.4 Å². The largest absolute Gasteiger partial charge is 0.444 e. The molecule has 1 rings (SSSR count). The topological polar surface area (TPSA) is 55.8 Å². The molecule has 0 aromatic rings. The normalized spacial score (nSPS) is 22.6. The molecular weight excluding hydrogens is 326 g/mol. The number of rotatable bonds is 5. The summed E-state index contributed by atoms with van der Waals surface area (Å²) in [5.41, 5.74) is -0.544. The fourth-order valence-electron chi connectivity index (χ4n) is 2.21. The van der Waals surface area contributed by atoms with E-state index in [2.05, 4.69) is 15.9 Å². The molecule has 0 bridgehead atoms. The molecule has 2 unspecified atom stereocenters. The van der Waals surface area contributed by atoms with Gasteiger partial charge in [-0.25, -0.2) is 4.79 Å². The second-order valence-electron chi connectivity index (χ2n) is 5.98. The lowest BCUT2D eigenvalue weighted by Gasteiger charge is -2.33. The minimum atomic E-state index is -0.544. The summed E-state index contributed by atoms with van der Waals surface area (Å²) in [5.74, 6) is -0.203. The van der Waals surface area contributed by atoms with Crippen molar-refractivity contribution in [2.45, 2.75) is 45.8 Å². The molecule has 6 heteroatoms. The molecule has 2 atom stereocenters. The monoisotopic (exact) mass is 349 g/mol. The van der Waals surface area contributed by atoms with Crippen LogP contribution in [0.1, 0.15) is 34.1 Å². The molecule has 0 aliphatic carbocycles. The van der Waals surface area contributed by atoms with Crippen molar-refractivity contribution >= 4 is 27.8 Å². The summed E-state index contributed by atoms with van der Waals surface area (Å²) in [6, 6.07) is -0.227. The average molecular weight is 350 g/mol. The number of Topliss-reactive ketones (excluding diaryl/α,β-unsaturated/α-hetero) is 1. The third kappa shape index (κ3) is 4.74. The molecule has 20 heavy (non-hydrogen) atoms. The second-order valence-corrected chi connectivity index (χ2v) is 6.55. The quantitative estimate of drug-likeness (QED) is 0.716. The van der Waals surface area contributed by atoms with Gasteiger partial charge in [-0.05, 0) is 27.2 Å². The number of nitrogens with zero attached hydrogens (tertiary/aromatic N) is 1. The number of carbonyl (C=O) groups is 2. The highest BCUT2D eigenvalue weighted by Crippen LogP contribution is 2.23. The van der Waals surface area contributed by atoms with Gasteiger partial charge in [0.2, 0.25) is 0 Å². The van der Waals surface area contributed by atoms with Crippen LogP contribution in [0.3, 0.4) is 0 Å². The van der Waals surface area contributed by atoms with Crippen LogP contribution in [0.2, 0.25) is 0 Å². The zero-order valence-corrected chi connectivity index (χ0v) is 14.2. The van der Waals surface area contributed by atoms with Crippen molar-refractivity contribution in [3.63, 3.8) is 0 Å². The zero-order valence-electron chi connectivity index (χ0n) is 12.6. The highest BCUT2D eigenvalue weighted by atomic mass is 79.9. The number of alkyl halides is 1. The summed E-state index contributed by atoms with van der Waals surface area (Å²) >= 11 is 3.19. The molecule has 0 aromatic carbocycles.